The summed E-state index contributed by atoms with van der Waals surface area (Å²) in [5.41, 5.74) is -0.0695. The highest BCUT2D eigenvalue weighted by atomic mass is 35.5. The monoisotopic (exact) mass is 198 g/mol. The van der Waals surface area contributed by atoms with Crippen LogP contribution in [0.15, 0.2) is 17.1 Å². The minimum absolute atomic E-state index is 0.0695. The van der Waals surface area contributed by atoms with E-state index < -0.39 is 0 Å². The number of nitrogens with zero attached hydrogens (tertiary/aromatic N) is 1. The fourth-order valence-electron chi connectivity index (χ4n) is 1.46. The van der Waals surface area contributed by atoms with E-state index in [-0.39, 0.29) is 11.6 Å². The van der Waals surface area contributed by atoms with Gasteiger partial charge in [-0.25, -0.2) is 0 Å². The lowest BCUT2D eigenvalue weighted by Crippen LogP contribution is -2.23. The number of hydrogen-bond acceptors (Lipinski definition) is 2. The second kappa shape index (κ2) is 3.52. The van der Waals surface area contributed by atoms with Crippen LogP contribution in [0.1, 0.15) is 12.5 Å². The number of halogens is 1. The fraction of sp³-hybridized carbons (Fsp3) is 0.444. The number of pyridine rings is 1. The zero-order chi connectivity index (χ0) is 9.26. The van der Waals surface area contributed by atoms with Crippen LogP contribution in [0, 0.1) is 6.07 Å². The van der Waals surface area contributed by atoms with Crippen LogP contribution in [0.3, 0.4) is 0 Å². The predicted molar refractivity (Wildman–Crippen MR) is 49.0 cm³/mol. The summed E-state index contributed by atoms with van der Waals surface area (Å²) in [6.45, 7) is 1.31. The van der Waals surface area contributed by atoms with Crippen LogP contribution in [0.25, 0.3) is 0 Å². The van der Waals surface area contributed by atoms with Crippen molar-refractivity contribution < 1.29 is 4.74 Å². The Bertz CT molecular complexity index is 355. The van der Waals surface area contributed by atoms with Crippen molar-refractivity contribution in [1.29, 1.82) is 0 Å². The number of rotatable bonds is 1. The second-order valence-corrected chi connectivity index (χ2v) is 3.44. The summed E-state index contributed by atoms with van der Waals surface area (Å²) in [6.07, 6.45) is 2.49. The molecule has 0 saturated carbocycles. The van der Waals surface area contributed by atoms with E-state index in [2.05, 4.69) is 6.07 Å². The summed E-state index contributed by atoms with van der Waals surface area (Å²) >= 11 is 5.74. The van der Waals surface area contributed by atoms with E-state index in [1.54, 1.807) is 10.8 Å². The van der Waals surface area contributed by atoms with Crippen molar-refractivity contribution in [3.63, 3.8) is 0 Å². The van der Waals surface area contributed by atoms with Gasteiger partial charge in [-0.15, -0.1) is 0 Å². The van der Waals surface area contributed by atoms with Crippen molar-refractivity contribution in [3.05, 3.63) is 33.7 Å². The van der Waals surface area contributed by atoms with E-state index in [0.717, 1.165) is 6.42 Å². The molecule has 2 rings (SSSR count). The van der Waals surface area contributed by atoms with Gasteiger partial charge in [0.2, 0.25) is 0 Å². The molecular formula is C9H9ClNO2. The minimum atomic E-state index is -0.0695. The van der Waals surface area contributed by atoms with E-state index >= 15 is 0 Å². The van der Waals surface area contributed by atoms with Crippen LogP contribution < -0.4 is 5.56 Å². The average Bonchev–Trinajstić information content (AvgIpc) is 2.61. The molecule has 0 aromatic carbocycles. The van der Waals surface area contributed by atoms with Gasteiger partial charge in [0.15, 0.2) is 0 Å². The Hall–Kier alpha value is -0.800. The molecule has 69 valence electrons. The lowest BCUT2D eigenvalue weighted by Gasteiger charge is -2.11. The van der Waals surface area contributed by atoms with Gasteiger partial charge in [0, 0.05) is 24.9 Å². The third-order valence-electron chi connectivity index (χ3n) is 2.14. The zero-order valence-electron chi connectivity index (χ0n) is 7.00. The summed E-state index contributed by atoms with van der Waals surface area (Å²) < 4.78 is 6.81. The Kier molecular flexibility index (Phi) is 2.38. The van der Waals surface area contributed by atoms with Gasteiger partial charge < -0.3 is 9.30 Å². The maximum Gasteiger partial charge on any atom is 0.251 e. The quantitative estimate of drug-likeness (QED) is 0.681. The molecule has 0 spiro atoms. The molecule has 1 aliphatic heterocycles. The van der Waals surface area contributed by atoms with Gasteiger partial charge in [-0.05, 0) is 6.42 Å². The molecule has 1 aromatic heterocycles. The normalized spacial score (nSPS) is 22.1. The molecular weight excluding hydrogens is 190 g/mol. The molecule has 1 aliphatic rings. The van der Waals surface area contributed by atoms with Crippen LogP contribution >= 0.6 is 11.6 Å². The van der Waals surface area contributed by atoms with Gasteiger partial charge in [0.1, 0.15) is 0 Å². The molecule has 4 heteroatoms. The maximum absolute atomic E-state index is 11.4. The summed E-state index contributed by atoms with van der Waals surface area (Å²) in [7, 11) is 0. The van der Waals surface area contributed by atoms with Crippen LogP contribution in [-0.2, 0) is 4.74 Å². The van der Waals surface area contributed by atoms with E-state index in [9.17, 15) is 4.79 Å². The summed E-state index contributed by atoms with van der Waals surface area (Å²) in [5.74, 6) is 0. The molecule has 2 heterocycles. The molecule has 0 amide bonds. The van der Waals surface area contributed by atoms with Crippen LogP contribution in [-0.4, -0.2) is 17.8 Å². The fourth-order valence-corrected chi connectivity index (χ4v) is 1.61. The number of aromatic nitrogens is 1. The first-order valence-electron chi connectivity index (χ1n) is 4.14. The third kappa shape index (κ3) is 1.76. The van der Waals surface area contributed by atoms with E-state index in [1.165, 1.54) is 6.07 Å². The van der Waals surface area contributed by atoms with Crippen molar-refractivity contribution in [2.75, 3.05) is 13.2 Å². The summed E-state index contributed by atoms with van der Waals surface area (Å²) in [5, 5.41) is 0.464. The van der Waals surface area contributed by atoms with Gasteiger partial charge in [-0.3, -0.25) is 4.79 Å². The first-order chi connectivity index (χ1) is 6.27. The maximum atomic E-state index is 11.4. The topological polar surface area (TPSA) is 31.2 Å². The van der Waals surface area contributed by atoms with Gasteiger partial charge >= 0.3 is 0 Å². The van der Waals surface area contributed by atoms with Crippen LogP contribution in [0.4, 0.5) is 0 Å². The van der Waals surface area contributed by atoms with E-state index in [4.69, 9.17) is 16.3 Å². The Morgan fingerprint density at radius 2 is 2.54 bits per heavy atom. The molecule has 1 unspecified atom stereocenters. The Morgan fingerprint density at radius 3 is 3.23 bits per heavy atom. The lowest BCUT2D eigenvalue weighted by atomic mass is 10.2. The van der Waals surface area contributed by atoms with Gasteiger partial charge in [0.25, 0.3) is 5.56 Å². The molecule has 1 atom stereocenters. The van der Waals surface area contributed by atoms with Crippen molar-refractivity contribution in [3.8, 4) is 0 Å². The summed E-state index contributed by atoms with van der Waals surface area (Å²) in [6, 6.07) is 4.15. The highest BCUT2D eigenvalue weighted by molar-refractivity contribution is 6.30. The highest BCUT2D eigenvalue weighted by Gasteiger charge is 2.18. The van der Waals surface area contributed by atoms with E-state index in [0.29, 0.717) is 18.2 Å². The average molecular weight is 199 g/mol. The molecule has 0 N–H and O–H groups in total. The van der Waals surface area contributed by atoms with Crippen molar-refractivity contribution in [2.45, 2.75) is 12.5 Å². The number of hydrogen-bond donors (Lipinski definition) is 0. The smallest absolute Gasteiger partial charge is 0.251 e. The largest absolute Gasteiger partial charge is 0.379 e. The van der Waals surface area contributed by atoms with Gasteiger partial charge in [-0.2, -0.15) is 0 Å². The van der Waals surface area contributed by atoms with E-state index in [1.807, 2.05) is 0 Å². The Labute approximate surface area is 80.9 Å². The van der Waals surface area contributed by atoms with Crippen molar-refractivity contribution >= 4 is 11.6 Å². The van der Waals surface area contributed by atoms with Crippen molar-refractivity contribution in [2.24, 2.45) is 0 Å². The highest BCUT2D eigenvalue weighted by Crippen LogP contribution is 2.17. The zero-order valence-corrected chi connectivity index (χ0v) is 7.75. The SMILES string of the molecule is O=c1c[c]c(Cl)cn1C1CCOC1. The first-order valence-corrected chi connectivity index (χ1v) is 4.52. The third-order valence-corrected chi connectivity index (χ3v) is 2.35. The molecule has 1 saturated heterocycles. The van der Waals surface area contributed by atoms with Crippen molar-refractivity contribution in [1.82, 2.24) is 4.57 Å². The molecule has 0 aliphatic carbocycles. The second-order valence-electron chi connectivity index (χ2n) is 3.03. The summed E-state index contributed by atoms with van der Waals surface area (Å²) in [4.78, 5) is 11.4. The molecule has 0 bridgehead atoms. The van der Waals surface area contributed by atoms with Crippen LogP contribution in [0.2, 0.25) is 5.02 Å². The molecule has 1 aromatic rings. The first kappa shape index (κ1) is 8.78. The molecule has 1 fully saturated rings. The lowest BCUT2D eigenvalue weighted by molar-refractivity contribution is 0.186. The molecule has 13 heavy (non-hydrogen) atoms. The minimum Gasteiger partial charge on any atom is -0.379 e. The Balaban J connectivity index is 2.37. The van der Waals surface area contributed by atoms with Crippen LogP contribution in [0.5, 0.6) is 0 Å². The van der Waals surface area contributed by atoms with Gasteiger partial charge in [0.05, 0.1) is 17.7 Å². The standard InChI is InChI=1S/C9H9ClNO2/c10-7-1-2-9(12)11(5-7)8-3-4-13-6-8/h2,5,8H,3-4,6H2. The Morgan fingerprint density at radius 1 is 1.69 bits per heavy atom. The molecule has 3 nitrogen and oxygen atoms in total. The predicted octanol–water partition coefficient (Wildman–Crippen LogP) is 1.26. The number of ether oxygens (including phenoxy) is 1. The van der Waals surface area contributed by atoms with Gasteiger partial charge in [-0.1, -0.05) is 11.6 Å². The molecule has 1 radical (unpaired) electrons.